The van der Waals surface area contributed by atoms with E-state index in [1.165, 1.54) is 0 Å². The number of phenolic OH excluding ortho intramolecular Hbond substituents is 1. The number of para-hydroxylation sites is 1. The van der Waals surface area contributed by atoms with Crippen LogP contribution in [-0.2, 0) is 11.2 Å². The first kappa shape index (κ1) is 22.3. The predicted octanol–water partition coefficient (Wildman–Crippen LogP) is 5.61. The van der Waals surface area contributed by atoms with Gasteiger partial charge in [-0.15, -0.1) is 0 Å². The number of Topliss-reactive ketones (excluding diaryl/α,β-unsaturated/α-hetero) is 1. The first-order valence-corrected chi connectivity index (χ1v) is 10.4. The standard InChI is InChI=1S/C25H27NO5/c1-5-23(29)30-22-12-8-10-17(16(22)4)21(28)14-13-19-24(15(2)3)31-25(26-19)18-9-6-7-11-20(18)27/h6-12,15,27H,5,13-14H2,1-4H3. The van der Waals surface area contributed by atoms with Gasteiger partial charge in [-0.2, -0.15) is 0 Å². The maximum atomic E-state index is 12.9. The Bertz CT molecular complexity index is 1100. The van der Waals surface area contributed by atoms with E-state index >= 15 is 0 Å². The van der Waals surface area contributed by atoms with E-state index in [0.29, 0.717) is 46.2 Å². The number of rotatable bonds is 8. The second kappa shape index (κ2) is 9.60. The van der Waals surface area contributed by atoms with Crippen molar-refractivity contribution in [3.63, 3.8) is 0 Å². The number of nitrogens with zero attached hydrogens (tertiary/aromatic N) is 1. The van der Waals surface area contributed by atoms with Gasteiger partial charge in [-0.1, -0.05) is 45.0 Å². The summed E-state index contributed by atoms with van der Waals surface area (Å²) in [4.78, 5) is 29.1. The number of aromatic hydroxyl groups is 1. The number of esters is 1. The number of phenols is 1. The summed E-state index contributed by atoms with van der Waals surface area (Å²) in [7, 11) is 0. The number of aryl methyl sites for hydroxylation is 1. The molecule has 0 saturated carbocycles. The van der Waals surface area contributed by atoms with Crippen LogP contribution in [0.4, 0.5) is 0 Å². The molecule has 2 aromatic carbocycles. The highest BCUT2D eigenvalue weighted by atomic mass is 16.5. The Labute approximate surface area is 181 Å². The zero-order valence-electron chi connectivity index (χ0n) is 18.3. The summed E-state index contributed by atoms with van der Waals surface area (Å²) in [5, 5.41) is 10.1. The van der Waals surface area contributed by atoms with Crippen LogP contribution < -0.4 is 4.74 Å². The Morgan fingerprint density at radius 2 is 1.87 bits per heavy atom. The van der Waals surface area contributed by atoms with Crippen LogP contribution in [0.2, 0.25) is 0 Å². The number of benzene rings is 2. The molecule has 0 radical (unpaired) electrons. The van der Waals surface area contributed by atoms with E-state index < -0.39 is 0 Å². The fraction of sp³-hybridized carbons (Fsp3) is 0.320. The van der Waals surface area contributed by atoms with E-state index in [-0.39, 0.29) is 36.3 Å². The summed E-state index contributed by atoms with van der Waals surface area (Å²) < 4.78 is 11.3. The van der Waals surface area contributed by atoms with Gasteiger partial charge in [0.15, 0.2) is 5.78 Å². The molecule has 0 aliphatic carbocycles. The zero-order valence-corrected chi connectivity index (χ0v) is 18.3. The minimum absolute atomic E-state index is 0.0614. The first-order valence-electron chi connectivity index (χ1n) is 10.4. The Balaban J connectivity index is 1.81. The van der Waals surface area contributed by atoms with Crippen molar-refractivity contribution < 1.29 is 23.8 Å². The molecule has 162 valence electrons. The van der Waals surface area contributed by atoms with Crippen LogP contribution in [0.1, 0.15) is 66.9 Å². The molecule has 31 heavy (non-hydrogen) atoms. The first-order chi connectivity index (χ1) is 14.8. The summed E-state index contributed by atoms with van der Waals surface area (Å²) in [5.74, 6) is 1.22. The number of ether oxygens (including phenoxy) is 1. The van der Waals surface area contributed by atoms with Crippen molar-refractivity contribution in [3.8, 4) is 23.0 Å². The summed E-state index contributed by atoms with van der Waals surface area (Å²) >= 11 is 0. The van der Waals surface area contributed by atoms with Crippen molar-refractivity contribution >= 4 is 11.8 Å². The minimum atomic E-state index is -0.339. The van der Waals surface area contributed by atoms with Gasteiger partial charge in [-0.3, -0.25) is 9.59 Å². The number of carbonyl (C=O) groups is 2. The van der Waals surface area contributed by atoms with Crippen molar-refractivity contribution in [2.45, 2.75) is 52.9 Å². The Hall–Kier alpha value is -3.41. The van der Waals surface area contributed by atoms with E-state index in [1.54, 1.807) is 56.3 Å². The molecule has 0 saturated heterocycles. The fourth-order valence-electron chi connectivity index (χ4n) is 3.35. The molecule has 0 aliphatic heterocycles. The monoisotopic (exact) mass is 421 g/mol. The Kier molecular flexibility index (Phi) is 6.90. The van der Waals surface area contributed by atoms with Gasteiger partial charge in [0.25, 0.3) is 0 Å². The number of aromatic nitrogens is 1. The van der Waals surface area contributed by atoms with E-state index in [1.807, 2.05) is 13.8 Å². The lowest BCUT2D eigenvalue weighted by molar-refractivity contribution is -0.134. The third-order valence-electron chi connectivity index (χ3n) is 5.07. The van der Waals surface area contributed by atoms with Crippen LogP contribution in [0.25, 0.3) is 11.5 Å². The lowest BCUT2D eigenvalue weighted by Gasteiger charge is -2.10. The van der Waals surface area contributed by atoms with E-state index in [2.05, 4.69) is 4.98 Å². The number of hydrogen-bond donors (Lipinski definition) is 1. The molecule has 0 bridgehead atoms. The molecule has 3 rings (SSSR count). The Morgan fingerprint density at radius 3 is 2.55 bits per heavy atom. The van der Waals surface area contributed by atoms with Crippen LogP contribution in [-0.4, -0.2) is 21.8 Å². The van der Waals surface area contributed by atoms with Gasteiger partial charge < -0.3 is 14.3 Å². The molecule has 0 unspecified atom stereocenters. The second-order valence-corrected chi connectivity index (χ2v) is 7.68. The normalized spacial score (nSPS) is 11.0. The summed E-state index contributed by atoms with van der Waals surface area (Å²) in [6.07, 6.45) is 0.904. The molecule has 0 aliphatic rings. The molecule has 0 atom stereocenters. The topological polar surface area (TPSA) is 89.6 Å². The van der Waals surface area contributed by atoms with Gasteiger partial charge in [0.05, 0.1) is 11.3 Å². The summed E-state index contributed by atoms with van der Waals surface area (Å²) in [6, 6.07) is 12.0. The van der Waals surface area contributed by atoms with Gasteiger partial charge in [0, 0.05) is 36.3 Å². The molecular weight excluding hydrogens is 394 g/mol. The number of oxazole rings is 1. The zero-order chi connectivity index (χ0) is 22.5. The lowest BCUT2D eigenvalue weighted by Crippen LogP contribution is -2.10. The van der Waals surface area contributed by atoms with Crippen molar-refractivity contribution in [3.05, 3.63) is 65.0 Å². The van der Waals surface area contributed by atoms with Crippen molar-refractivity contribution in [1.29, 1.82) is 0 Å². The smallest absolute Gasteiger partial charge is 0.310 e. The molecule has 0 amide bonds. The van der Waals surface area contributed by atoms with E-state index in [9.17, 15) is 14.7 Å². The van der Waals surface area contributed by atoms with Crippen LogP contribution in [0, 0.1) is 6.92 Å². The predicted molar refractivity (Wildman–Crippen MR) is 117 cm³/mol. The van der Waals surface area contributed by atoms with E-state index in [4.69, 9.17) is 9.15 Å². The molecule has 1 aromatic heterocycles. The lowest BCUT2D eigenvalue weighted by atomic mass is 9.99. The third kappa shape index (κ3) is 5.02. The van der Waals surface area contributed by atoms with Gasteiger partial charge in [-0.25, -0.2) is 4.98 Å². The number of ketones is 1. The average Bonchev–Trinajstić information content (AvgIpc) is 3.18. The van der Waals surface area contributed by atoms with Crippen LogP contribution in [0.15, 0.2) is 46.9 Å². The molecule has 0 spiro atoms. The van der Waals surface area contributed by atoms with Crippen LogP contribution in [0.5, 0.6) is 11.5 Å². The van der Waals surface area contributed by atoms with E-state index in [0.717, 1.165) is 0 Å². The maximum absolute atomic E-state index is 12.9. The largest absolute Gasteiger partial charge is 0.507 e. The highest BCUT2D eigenvalue weighted by molar-refractivity contribution is 5.98. The van der Waals surface area contributed by atoms with Gasteiger partial charge in [0.1, 0.15) is 17.3 Å². The van der Waals surface area contributed by atoms with Crippen molar-refractivity contribution in [2.75, 3.05) is 0 Å². The summed E-state index contributed by atoms with van der Waals surface area (Å²) in [6.45, 7) is 7.49. The SMILES string of the molecule is CCC(=O)Oc1cccc(C(=O)CCc2nc(-c3ccccc3O)oc2C(C)C)c1C. The average molecular weight is 421 g/mol. The summed E-state index contributed by atoms with van der Waals surface area (Å²) in [5.41, 5.74) is 2.39. The van der Waals surface area contributed by atoms with Gasteiger partial charge in [-0.05, 0) is 25.1 Å². The van der Waals surface area contributed by atoms with Crippen molar-refractivity contribution in [2.24, 2.45) is 0 Å². The molecule has 6 heteroatoms. The maximum Gasteiger partial charge on any atom is 0.310 e. The number of hydrogen-bond acceptors (Lipinski definition) is 6. The fourth-order valence-corrected chi connectivity index (χ4v) is 3.35. The highest BCUT2D eigenvalue weighted by Gasteiger charge is 2.21. The minimum Gasteiger partial charge on any atom is -0.507 e. The van der Waals surface area contributed by atoms with Crippen LogP contribution >= 0.6 is 0 Å². The van der Waals surface area contributed by atoms with Gasteiger partial charge >= 0.3 is 5.97 Å². The van der Waals surface area contributed by atoms with Crippen molar-refractivity contribution in [1.82, 2.24) is 4.98 Å². The Morgan fingerprint density at radius 1 is 1.13 bits per heavy atom. The quantitative estimate of drug-likeness (QED) is 0.289. The van der Waals surface area contributed by atoms with Gasteiger partial charge in [0.2, 0.25) is 5.89 Å². The molecule has 1 heterocycles. The molecule has 3 aromatic rings. The second-order valence-electron chi connectivity index (χ2n) is 7.68. The third-order valence-corrected chi connectivity index (χ3v) is 5.07. The molecule has 6 nitrogen and oxygen atoms in total. The highest BCUT2D eigenvalue weighted by Crippen LogP contribution is 2.33. The molecule has 0 fully saturated rings. The van der Waals surface area contributed by atoms with Crippen LogP contribution in [0.3, 0.4) is 0 Å². The number of carbonyl (C=O) groups excluding carboxylic acids is 2. The molecular formula is C25H27NO5. The molecule has 1 N–H and O–H groups in total.